The number of aromatic nitrogens is 5. The Morgan fingerprint density at radius 1 is 1.11 bits per heavy atom. The number of nitrogens with zero attached hydrogens (tertiary/aromatic N) is 5. The Morgan fingerprint density at radius 2 is 2.00 bits per heavy atom. The summed E-state index contributed by atoms with van der Waals surface area (Å²) in [5, 5.41) is 3.04. The van der Waals surface area contributed by atoms with Gasteiger partial charge < -0.3 is 10.1 Å². The molecule has 0 amide bonds. The van der Waals surface area contributed by atoms with E-state index in [0.717, 1.165) is 22.7 Å². The van der Waals surface area contributed by atoms with Gasteiger partial charge >= 0.3 is 5.97 Å². The van der Waals surface area contributed by atoms with Gasteiger partial charge in [0.05, 0.1) is 29.8 Å². The average Bonchev–Trinajstić information content (AvgIpc) is 3.04. The predicted octanol–water partition coefficient (Wildman–Crippen LogP) is 3.02. The lowest BCUT2D eigenvalue weighted by atomic mass is 10.2. The van der Waals surface area contributed by atoms with E-state index >= 15 is 0 Å². The predicted molar refractivity (Wildman–Crippen MR) is 99.8 cm³/mol. The van der Waals surface area contributed by atoms with Gasteiger partial charge in [0.2, 0.25) is 5.95 Å². The van der Waals surface area contributed by atoms with Crippen LogP contribution in [0.4, 0.5) is 11.8 Å². The zero-order valence-corrected chi connectivity index (χ0v) is 14.7. The summed E-state index contributed by atoms with van der Waals surface area (Å²) in [5.74, 6) is 0.487. The number of pyridine rings is 2. The molecular weight excluding hydrogens is 344 g/mol. The Balaban J connectivity index is 1.65. The third kappa shape index (κ3) is 3.20. The monoisotopic (exact) mass is 360 g/mol. The molecule has 0 aliphatic heterocycles. The second-order valence-electron chi connectivity index (χ2n) is 5.79. The highest BCUT2D eigenvalue weighted by molar-refractivity contribution is 5.89. The number of hydrogen-bond acceptors (Lipinski definition) is 7. The molecule has 134 valence electrons. The van der Waals surface area contributed by atoms with E-state index in [4.69, 9.17) is 0 Å². The molecule has 8 heteroatoms. The van der Waals surface area contributed by atoms with Crippen LogP contribution in [0.3, 0.4) is 0 Å². The van der Waals surface area contributed by atoms with Gasteiger partial charge in [-0.3, -0.25) is 4.40 Å². The van der Waals surface area contributed by atoms with Crippen LogP contribution in [-0.2, 0) is 4.74 Å². The Bertz CT molecular complexity index is 1120. The van der Waals surface area contributed by atoms with Crippen LogP contribution in [-0.4, -0.2) is 37.4 Å². The van der Waals surface area contributed by atoms with E-state index in [0.29, 0.717) is 17.3 Å². The topological polar surface area (TPSA) is 94.3 Å². The highest BCUT2D eigenvalue weighted by atomic mass is 16.5. The van der Waals surface area contributed by atoms with Crippen LogP contribution in [0.5, 0.6) is 0 Å². The first-order valence-electron chi connectivity index (χ1n) is 8.24. The number of carbonyl (C=O) groups is 1. The molecule has 0 radical (unpaired) electrons. The molecule has 0 saturated carbocycles. The van der Waals surface area contributed by atoms with Crippen LogP contribution in [0.15, 0.2) is 55.0 Å². The van der Waals surface area contributed by atoms with Gasteiger partial charge in [0.1, 0.15) is 11.5 Å². The van der Waals surface area contributed by atoms with Gasteiger partial charge in [0, 0.05) is 18.6 Å². The van der Waals surface area contributed by atoms with Gasteiger partial charge in [-0.1, -0.05) is 6.07 Å². The van der Waals surface area contributed by atoms with E-state index in [1.54, 1.807) is 18.3 Å². The summed E-state index contributed by atoms with van der Waals surface area (Å²) in [4.78, 5) is 29.1. The second-order valence-corrected chi connectivity index (χ2v) is 5.79. The van der Waals surface area contributed by atoms with Crippen molar-refractivity contribution in [2.24, 2.45) is 0 Å². The maximum Gasteiger partial charge on any atom is 0.339 e. The fourth-order valence-electron chi connectivity index (χ4n) is 2.79. The molecule has 27 heavy (non-hydrogen) atoms. The van der Waals surface area contributed by atoms with Crippen molar-refractivity contribution in [1.82, 2.24) is 24.3 Å². The van der Waals surface area contributed by atoms with Gasteiger partial charge in [0.15, 0.2) is 0 Å². The summed E-state index contributed by atoms with van der Waals surface area (Å²) in [6.45, 7) is 1.95. The first kappa shape index (κ1) is 16.6. The molecule has 0 saturated heterocycles. The van der Waals surface area contributed by atoms with Gasteiger partial charge in [0.25, 0.3) is 0 Å². The van der Waals surface area contributed by atoms with Crippen molar-refractivity contribution in [3.8, 4) is 11.4 Å². The smallest absolute Gasteiger partial charge is 0.339 e. The molecule has 0 aromatic carbocycles. The van der Waals surface area contributed by atoms with E-state index in [1.807, 2.05) is 41.8 Å². The van der Waals surface area contributed by atoms with E-state index in [9.17, 15) is 4.79 Å². The van der Waals surface area contributed by atoms with Crippen LogP contribution in [0.25, 0.3) is 17.0 Å². The van der Waals surface area contributed by atoms with Crippen molar-refractivity contribution >= 4 is 23.4 Å². The average molecular weight is 360 g/mol. The summed E-state index contributed by atoms with van der Waals surface area (Å²) >= 11 is 0. The van der Waals surface area contributed by atoms with Crippen molar-refractivity contribution in [2.45, 2.75) is 6.92 Å². The molecule has 4 aromatic heterocycles. The first-order valence-corrected chi connectivity index (χ1v) is 8.24. The molecule has 0 bridgehead atoms. The summed E-state index contributed by atoms with van der Waals surface area (Å²) in [6, 6.07) is 11.0. The van der Waals surface area contributed by atoms with E-state index in [2.05, 4.69) is 30.0 Å². The molecule has 0 spiro atoms. The molecule has 0 fully saturated rings. The third-order valence-corrected chi connectivity index (χ3v) is 4.03. The molecule has 0 aliphatic carbocycles. The summed E-state index contributed by atoms with van der Waals surface area (Å²) in [6.07, 6.45) is 5.06. The number of aryl methyl sites for hydroxylation is 1. The highest BCUT2D eigenvalue weighted by Gasteiger charge is 2.13. The molecular formula is C19H16N6O2. The Kier molecular flexibility index (Phi) is 4.21. The number of methoxy groups -OCH3 is 1. The normalized spacial score (nSPS) is 10.7. The molecule has 4 aromatic rings. The summed E-state index contributed by atoms with van der Waals surface area (Å²) < 4.78 is 6.66. The van der Waals surface area contributed by atoms with Crippen LogP contribution in [0.2, 0.25) is 0 Å². The Hall–Kier alpha value is -3.81. The van der Waals surface area contributed by atoms with Crippen LogP contribution >= 0.6 is 0 Å². The fraction of sp³-hybridized carbons (Fsp3) is 0.105. The van der Waals surface area contributed by atoms with Gasteiger partial charge in [-0.05, 0) is 37.3 Å². The van der Waals surface area contributed by atoms with E-state index in [1.165, 1.54) is 13.3 Å². The number of nitrogens with one attached hydrogen (secondary N) is 1. The van der Waals surface area contributed by atoms with Crippen molar-refractivity contribution in [1.29, 1.82) is 0 Å². The number of rotatable bonds is 4. The number of ether oxygens (including phenoxy) is 1. The number of carbonyl (C=O) groups excluding carboxylic acids is 1. The minimum Gasteiger partial charge on any atom is -0.465 e. The largest absolute Gasteiger partial charge is 0.465 e. The maximum absolute atomic E-state index is 11.5. The molecule has 4 rings (SSSR count). The quantitative estimate of drug-likeness (QED) is 0.559. The zero-order valence-electron chi connectivity index (χ0n) is 14.7. The minimum absolute atomic E-state index is 0.374. The first-order chi connectivity index (χ1) is 13.2. The lowest BCUT2D eigenvalue weighted by Crippen LogP contribution is -2.04. The van der Waals surface area contributed by atoms with Crippen molar-refractivity contribution < 1.29 is 9.53 Å². The highest BCUT2D eigenvalue weighted by Crippen LogP contribution is 2.24. The zero-order chi connectivity index (χ0) is 18.8. The van der Waals surface area contributed by atoms with Crippen molar-refractivity contribution in [3.05, 3.63) is 66.2 Å². The third-order valence-electron chi connectivity index (χ3n) is 4.03. The number of fused-ring (bicyclic) bond motifs is 1. The maximum atomic E-state index is 11.5. The number of esters is 1. The van der Waals surface area contributed by atoms with Gasteiger partial charge in [-0.25, -0.2) is 24.7 Å². The van der Waals surface area contributed by atoms with Crippen LogP contribution < -0.4 is 5.32 Å². The molecule has 4 heterocycles. The van der Waals surface area contributed by atoms with E-state index in [-0.39, 0.29) is 0 Å². The molecule has 0 aliphatic rings. The standard InChI is InChI=1S/C19H16N6O2/c1-12-17(25-10-4-3-5-16(25)22-12)14-8-9-20-19(23-14)24-15-7-6-13(11-21-15)18(26)27-2/h3-11H,1-2H3,(H,20,21,23,24). The molecule has 0 atom stereocenters. The summed E-state index contributed by atoms with van der Waals surface area (Å²) in [5.41, 5.74) is 3.77. The van der Waals surface area contributed by atoms with Crippen LogP contribution in [0.1, 0.15) is 16.1 Å². The molecule has 1 N–H and O–H groups in total. The Morgan fingerprint density at radius 3 is 2.78 bits per heavy atom. The van der Waals surface area contributed by atoms with Gasteiger partial charge in [-0.2, -0.15) is 0 Å². The minimum atomic E-state index is -0.435. The fourth-order valence-corrected chi connectivity index (χ4v) is 2.79. The number of anilines is 2. The van der Waals surface area contributed by atoms with Crippen LogP contribution in [0, 0.1) is 6.92 Å². The molecule has 0 unspecified atom stereocenters. The van der Waals surface area contributed by atoms with E-state index < -0.39 is 5.97 Å². The van der Waals surface area contributed by atoms with Crippen molar-refractivity contribution in [3.63, 3.8) is 0 Å². The van der Waals surface area contributed by atoms with Crippen molar-refractivity contribution in [2.75, 3.05) is 12.4 Å². The lowest BCUT2D eigenvalue weighted by molar-refractivity contribution is 0.0600. The lowest BCUT2D eigenvalue weighted by Gasteiger charge is -2.07. The number of imidazole rings is 1. The number of hydrogen-bond donors (Lipinski definition) is 1. The van der Waals surface area contributed by atoms with Gasteiger partial charge in [-0.15, -0.1) is 0 Å². The Labute approximate surface area is 154 Å². The second kappa shape index (κ2) is 6.83. The summed E-state index contributed by atoms with van der Waals surface area (Å²) in [7, 11) is 1.33. The molecule has 8 nitrogen and oxygen atoms in total. The SMILES string of the molecule is COC(=O)c1ccc(Nc2nccc(-c3c(C)nc4ccccn34)n2)nc1.